The van der Waals surface area contributed by atoms with Gasteiger partial charge in [-0.3, -0.25) is 10.1 Å². The van der Waals surface area contributed by atoms with Gasteiger partial charge < -0.3 is 10.2 Å². The number of hydrogen-bond donors (Lipinski definition) is 1. The summed E-state index contributed by atoms with van der Waals surface area (Å²) in [4.78, 5) is 12.8. The van der Waals surface area contributed by atoms with E-state index in [1.54, 1.807) is 6.07 Å². The molecule has 0 saturated carbocycles. The molecule has 8 heteroatoms. The minimum Gasteiger partial charge on any atom is -0.369 e. The Morgan fingerprint density at radius 2 is 2.10 bits per heavy atom. The van der Waals surface area contributed by atoms with E-state index >= 15 is 0 Å². The fourth-order valence-electron chi connectivity index (χ4n) is 3.50. The highest BCUT2D eigenvalue weighted by atomic mass is 16.6. The molecule has 3 heterocycles. The average Bonchev–Trinajstić information content (AvgIpc) is 3.14. The number of hydrogen-bond acceptors (Lipinski definition) is 7. The molecule has 2 atom stereocenters. The van der Waals surface area contributed by atoms with Gasteiger partial charge >= 0.3 is 5.69 Å². The molecule has 0 bridgehead atoms. The van der Waals surface area contributed by atoms with E-state index in [1.165, 1.54) is 6.07 Å². The summed E-state index contributed by atoms with van der Waals surface area (Å²) in [5.74, 6) is 1.37. The topological polar surface area (TPSA) is 97.3 Å². The van der Waals surface area contributed by atoms with Crippen LogP contribution in [0.2, 0.25) is 0 Å². The largest absolute Gasteiger partial charge is 0.369 e. The molecule has 2 aliphatic rings. The van der Waals surface area contributed by atoms with Crippen molar-refractivity contribution in [1.29, 1.82) is 0 Å². The molecule has 0 spiro atoms. The third kappa shape index (κ3) is 1.94. The van der Waals surface area contributed by atoms with Gasteiger partial charge in [-0.15, -0.1) is 0 Å². The molecule has 110 valence electrons. The molecule has 2 aliphatic heterocycles. The molecule has 4 rings (SSSR count). The highest BCUT2D eigenvalue weighted by Gasteiger charge is 2.34. The van der Waals surface area contributed by atoms with E-state index in [2.05, 4.69) is 20.5 Å². The van der Waals surface area contributed by atoms with Gasteiger partial charge in [-0.05, 0) is 47.7 Å². The van der Waals surface area contributed by atoms with Gasteiger partial charge in [0.25, 0.3) is 0 Å². The van der Waals surface area contributed by atoms with Gasteiger partial charge in [-0.1, -0.05) is 0 Å². The lowest BCUT2D eigenvalue weighted by atomic mass is 9.88. The summed E-state index contributed by atoms with van der Waals surface area (Å²) in [5, 5.41) is 22.0. The van der Waals surface area contributed by atoms with Gasteiger partial charge in [0, 0.05) is 19.2 Å². The molecule has 2 saturated heterocycles. The SMILES string of the molecule is O=[N+]([O-])c1ccc(N2CCC3CNCC3C2)c2nonc12. The summed E-state index contributed by atoms with van der Waals surface area (Å²) in [6.07, 6.45) is 1.13. The first-order valence-electron chi connectivity index (χ1n) is 7.09. The molecule has 1 N–H and O–H groups in total. The Morgan fingerprint density at radius 3 is 2.95 bits per heavy atom. The predicted molar refractivity (Wildman–Crippen MR) is 75.1 cm³/mol. The third-order valence-electron chi connectivity index (χ3n) is 4.61. The zero-order chi connectivity index (χ0) is 14.4. The lowest BCUT2D eigenvalue weighted by molar-refractivity contribution is -0.383. The maximum atomic E-state index is 11.0. The molecule has 1 aromatic carbocycles. The van der Waals surface area contributed by atoms with E-state index in [9.17, 15) is 10.1 Å². The molecule has 2 fully saturated rings. The summed E-state index contributed by atoms with van der Waals surface area (Å²) in [5.41, 5.74) is 1.52. The van der Waals surface area contributed by atoms with Crippen LogP contribution in [0.5, 0.6) is 0 Å². The Morgan fingerprint density at radius 1 is 1.29 bits per heavy atom. The second-order valence-corrected chi connectivity index (χ2v) is 5.74. The van der Waals surface area contributed by atoms with Gasteiger partial charge in [0.2, 0.25) is 5.52 Å². The van der Waals surface area contributed by atoms with E-state index in [0.29, 0.717) is 11.4 Å². The van der Waals surface area contributed by atoms with E-state index in [0.717, 1.165) is 44.2 Å². The van der Waals surface area contributed by atoms with Crippen LogP contribution >= 0.6 is 0 Å². The standard InChI is InChI=1S/C13H15N5O3/c19-18(20)11-2-1-10(12-13(11)16-21-15-12)17-4-3-8-5-14-6-9(8)7-17/h1-2,8-9,14H,3-7H2. The van der Waals surface area contributed by atoms with Crippen molar-refractivity contribution in [2.24, 2.45) is 11.8 Å². The number of non-ortho nitro benzene ring substituents is 1. The van der Waals surface area contributed by atoms with Crippen LogP contribution in [-0.4, -0.2) is 41.4 Å². The number of nitrogens with zero attached hydrogens (tertiary/aromatic N) is 4. The van der Waals surface area contributed by atoms with Crippen LogP contribution in [-0.2, 0) is 0 Å². The van der Waals surface area contributed by atoms with Crippen LogP contribution in [0.15, 0.2) is 16.8 Å². The van der Waals surface area contributed by atoms with Crippen LogP contribution in [0.25, 0.3) is 11.0 Å². The molecule has 21 heavy (non-hydrogen) atoms. The van der Waals surface area contributed by atoms with Crippen molar-refractivity contribution in [2.45, 2.75) is 6.42 Å². The molecule has 0 aliphatic carbocycles. The number of benzene rings is 1. The minimum absolute atomic E-state index is 0.0626. The van der Waals surface area contributed by atoms with E-state index in [4.69, 9.17) is 4.63 Å². The number of nitrogens with one attached hydrogen (secondary N) is 1. The van der Waals surface area contributed by atoms with E-state index in [1.807, 2.05) is 0 Å². The predicted octanol–water partition coefficient (Wildman–Crippen LogP) is 1.18. The molecule has 2 unspecified atom stereocenters. The molecule has 0 radical (unpaired) electrons. The van der Waals surface area contributed by atoms with Gasteiger partial charge in [-0.25, -0.2) is 4.63 Å². The maximum Gasteiger partial charge on any atom is 0.300 e. The van der Waals surface area contributed by atoms with Gasteiger partial charge in [0.15, 0.2) is 5.52 Å². The second kappa shape index (κ2) is 4.66. The summed E-state index contributed by atoms with van der Waals surface area (Å²) >= 11 is 0. The number of fused-ring (bicyclic) bond motifs is 2. The smallest absolute Gasteiger partial charge is 0.300 e. The quantitative estimate of drug-likeness (QED) is 0.654. The molecule has 1 aromatic heterocycles. The van der Waals surface area contributed by atoms with Crippen molar-refractivity contribution in [1.82, 2.24) is 15.6 Å². The van der Waals surface area contributed by atoms with Crippen molar-refractivity contribution in [2.75, 3.05) is 31.1 Å². The van der Waals surface area contributed by atoms with Crippen LogP contribution in [0.3, 0.4) is 0 Å². The van der Waals surface area contributed by atoms with Crippen molar-refractivity contribution >= 4 is 22.4 Å². The van der Waals surface area contributed by atoms with Crippen molar-refractivity contribution in [3.8, 4) is 0 Å². The summed E-state index contributed by atoms with van der Waals surface area (Å²) in [6, 6.07) is 3.24. The zero-order valence-corrected chi connectivity index (χ0v) is 11.4. The van der Waals surface area contributed by atoms with Crippen LogP contribution in [0.1, 0.15) is 6.42 Å². The number of nitro groups is 1. The molecular formula is C13H15N5O3. The van der Waals surface area contributed by atoms with Crippen LogP contribution in [0.4, 0.5) is 11.4 Å². The van der Waals surface area contributed by atoms with Crippen molar-refractivity contribution in [3.05, 3.63) is 22.2 Å². The number of rotatable bonds is 2. The summed E-state index contributed by atoms with van der Waals surface area (Å²) in [7, 11) is 0. The Hall–Kier alpha value is -2.22. The van der Waals surface area contributed by atoms with Gasteiger partial charge in [-0.2, -0.15) is 0 Å². The third-order valence-corrected chi connectivity index (χ3v) is 4.61. The first-order chi connectivity index (χ1) is 10.2. The minimum atomic E-state index is -0.455. The zero-order valence-electron chi connectivity index (χ0n) is 11.4. The summed E-state index contributed by atoms with van der Waals surface area (Å²) in [6.45, 7) is 4.01. The highest BCUT2D eigenvalue weighted by Crippen LogP contribution is 2.35. The van der Waals surface area contributed by atoms with Crippen LogP contribution in [0, 0.1) is 22.0 Å². The highest BCUT2D eigenvalue weighted by molar-refractivity contribution is 5.93. The van der Waals surface area contributed by atoms with Gasteiger partial charge in [0.05, 0.1) is 10.6 Å². The average molecular weight is 289 g/mol. The Bertz CT molecular complexity index is 700. The lowest BCUT2D eigenvalue weighted by Gasteiger charge is -2.35. The molecular weight excluding hydrogens is 274 g/mol. The number of piperidine rings is 1. The van der Waals surface area contributed by atoms with E-state index < -0.39 is 4.92 Å². The monoisotopic (exact) mass is 289 g/mol. The van der Waals surface area contributed by atoms with E-state index in [-0.39, 0.29) is 11.2 Å². The fraction of sp³-hybridized carbons (Fsp3) is 0.538. The first-order valence-corrected chi connectivity index (χ1v) is 7.09. The first kappa shape index (κ1) is 12.5. The Kier molecular flexibility index (Phi) is 2.78. The normalized spacial score (nSPS) is 25.2. The Balaban J connectivity index is 1.72. The fourth-order valence-corrected chi connectivity index (χ4v) is 3.50. The number of aromatic nitrogens is 2. The van der Waals surface area contributed by atoms with Gasteiger partial charge in [0.1, 0.15) is 0 Å². The molecule has 8 nitrogen and oxygen atoms in total. The number of nitro benzene ring substituents is 1. The lowest BCUT2D eigenvalue weighted by Crippen LogP contribution is -2.40. The molecule has 2 aromatic rings. The second-order valence-electron chi connectivity index (χ2n) is 5.74. The Labute approximate surface area is 120 Å². The van der Waals surface area contributed by atoms with Crippen LogP contribution < -0.4 is 10.2 Å². The van der Waals surface area contributed by atoms with Crippen molar-refractivity contribution in [3.63, 3.8) is 0 Å². The molecule has 0 amide bonds. The van der Waals surface area contributed by atoms with Crippen molar-refractivity contribution < 1.29 is 9.55 Å². The summed E-state index contributed by atoms with van der Waals surface area (Å²) < 4.78 is 4.73. The number of anilines is 1. The maximum absolute atomic E-state index is 11.0.